The van der Waals surface area contributed by atoms with E-state index in [1.165, 1.54) is 11.8 Å². The Kier molecular flexibility index (Phi) is 11.3. The van der Waals surface area contributed by atoms with Crippen molar-refractivity contribution in [3.05, 3.63) is 95.6 Å². The summed E-state index contributed by atoms with van der Waals surface area (Å²) in [6, 6.07) is 18.7. The van der Waals surface area contributed by atoms with Crippen LogP contribution in [0.1, 0.15) is 73.4 Å². The van der Waals surface area contributed by atoms with Gasteiger partial charge in [-0.2, -0.15) is 0 Å². The molecule has 1 aliphatic carbocycles. The number of piperazine rings is 1. The fourth-order valence-corrected chi connectivity index (χ4v) is 11.1. The van der Waals surface area contributed by atoms with Crippen LogP contribution < -0.4 is 31.1 Å². The highest BCUT2D eigenvalue weighted by Gasteiger charge is 2.58. The second-order valence-electron chi connectivity index (χ2n) is 18.9. The van der Waals surface area contributed by atoms with Crippen LogP contribution in [0.25, 0.3) is 0 Å². The first-order valence-corrected chi connectivity index (χ1v) is 23.4. The van der Waals surface area contributed by atoms with Crippen molar-refractivity contribution in [3.8, 4) is 0 Å². The van der Waals surface area contributed by atoms with Crippen molar-refractivity contribution < 1.29 is 23.6 Å². The van der Waals surface area contributed by atoms with Gasteiger partial charge in [-0.3, -0.25) is 29.4 Å². The largest absolute Gasteiger partial charge is 0.369 e. The van der Waals surface area contributed by atoms with Gasteiger partial charge in [-0.1, -0.05) is 23.9 Å². The van der Waals surface area contributed by atoms with E-state index in [1.807, 2.05) is 60.8 Å². The van der Waals surface area contributed by atoms with Gasteiger partial charge in [-0.25, -0.2) is 14.4 Å². The molecule has 5 fully saturated rings. The molecule has 10 rings (SSSR count). The van der Waals surface area contributed by atoms with Gasteiger partial charge in [0.25, 0.3) is 5.91 Å². The number of aromatic nitrogens is 2. The average Bonchev–Trinajstić information content (AvgIpc) is 3.89. The third-order valence-electron chi connectivity index (χ3n) is 14.4. The molecule has 64 heavy (non-hydrogen) atoms. The number of carbonyl (C=O) groups is 4. The van der Waals surface area contributed by atoms with Crippen LogP contribution in [-0.4, -0.2) is 107 Å². The highest BCUT2D eigenvalue weighted by molar-refractivity contribution is 7.99. The molecule has 14 nitrogen and oxygen atoms in total. The SMILES string of the molecule is CC1(N)CCN(c2cnc(Sc3cccc(NC(=O)C4CC45CCN(c4ccc(CN6CCN(c7ccc8c(c7)CN(C7CCC(=O)NC7=O)C8=O)CC6)cc4F)CC5)c3)cn2)CC1. The van der Waals surface area contributed by atoms with Crippen LogP contribution in [0.15, 0.2) is 83.0 Å². The van der Waals surface area contributed by atoms with Crippen LogP contribution in [0.5, 0.6) is 0 Å². The maximum Gasteiger partial charge on any atom is 0.255 e. The number of nitrogens with zero attached hydrogens (tertiary/aromatic N) is 7. The summed E-state index contributed by atoms with van der Waals surface area (Å²) >= 11 is 1.52. The summed E-state index contributed by atoms with van der Waals surface area (Å²) < 4.78 is 15.7. The molecular weight excluding hydrogens is 832 g/mol. The smallest absolute Gasteiger partial charge is 0.255 e. The molecule has 16 heteroatoms. The van der Waals surface area contributed by atoms with Gasteiger partial charge >= 0.3 is 0 Å². The van der Waals surface area contributed by atoms with Gasteiger partial charge in [0.15, 0.2) is 0 Å². The van der Waals surface area contributed by atoms with E-state index in [0.717, 1.165) is 110 Å². The summed E-state index contributed by atoms with van der Waals surface area (Å²) in [4.78, 5) is 71.6. The standard InChI is InChI=1S/C48H55FN10O4S/c1-47(50)11-15-58(16-12-47)41-27-52-43(28-51-41)64-35-4-2-3-33(25-35)53-44(61)37-26-48(37)13-17-57(18-14-48)39-8-5-31(23-38(39)49)29-55-19-21-56(22-20-55)34-6-7-36-32(24-34)30-59(46(36)63)40-9-10-42(60)54-45(40)62/h2-8,23-25,27-28,37,40H,9-22,26,29-30,50H2,1H3,(H,53,61)(H,54,60,62). The van der Waals surface area contributed by atoms with Crippen LogP contribution in [0, 0.1) is 17.2 Å². The quantitative estimate of drug-likeness (QED) is 0.174. The molecule has 4 N–H and O–H groups in total. The molecule has 6 heterocycles. The zero-order valence-corrected chi connectivity index (χ0v) is 37.0. The van der Waals surface area contributed by atoms with Crippen molar-refractivity contribution in [1.29, 1.82) is 0 Å². The molecule has 0 bridgehead atoms. The lowest BCUT2D eigenvalue weighted by Crippen LogP contribution is -2.52. The molecule has 5 aliphatic heterocycles. The monoisotopic (exact) mass is 886 g/mol. The molecule has 1 spiro atoms. The van der Waals surface area contributed by atoms with Crippen LogP contribution in [-0.2, 0) is 27.5 Å². The van der Waals surface area contributed by atoms with Gasteiger partial charge in [-0.15, -0.1) is 0 Å². The number of rotatable bonds is 10. The number of nitrogens with one attached hydrogen (secondary N) is 2. The third kappa shape index (κ3) is 8.79. The van der Waals surface area contributed by atoms with Crippen LogP contribution in [0.4, 0.5) is 27.3 Å². The van der Waals surface area contributed by atoms with E-state index < -0.39 is 11.9 Å². The molecule has 6 aliphatic rings. The van der Waals surface area contributed by atoms with Crippen LogP contribution in [0.2, 0.25) is 0 Å². The number of nitrogens with two attached hydrogens (primary N) is 1. The van der Waals surface area contributed by atoms with E-state index in [-0.39, 0.29) is 46.8 Å². The Labute approximate surface area is 377 Å². The lowest BCUT2D eigenvalue weighted by Gasteiger charge is -2.37. The summed E-state index contributed by atoms with van der Waals surface area (Å²) in [5.41, 5.74) is 11.0. The molecule has 334 valence electrons. The number of hydrogen-bond donors (Lipinski definition) is 3. The van der Waals surface area contributed by atoms with Gasteiger partial charge < -0.3 is 30.7 Å². The number of anilines is 4. The van der Waals surface area contributed by atoms with E-state index in [0.29, 0.717) is 43.9 Å². The number of imide groups is 1. The van der Waals surface area contributed by atoms with Crippen molar-refractivity contribution in [3.63, 3.8) is 0 Å². The van der Waals surface area contributed by atoms with Gasteiger partial charge in [0, 0.05) is 105 Å². The first-order valence-electron chi connectivity index (χ1n) is 22.6. The molecule has 2 atom stereocenters. The molecule has 1 aromatic heterocycles. The number of carbonyl (C=O) groups excluding carboxylic acids is 4. The highest BCUT2D eigenvalue weighted by atomic mass is 32.2. The topological polar surface area (TPSA) is 160 Å². The zero-order chi connectivity index (χ0) is 44.2. The zero-order valence-electron chi connectivity index (χ0n) is 36.2. The first-order chi connectivity index (χ1) is 30.9. The third-order valence-corrected chi connectivity index (χ3v) is 15.3. The Morgan fingerprint density at radius 2 is 1.67 bits per heavy atom. The van der Waals surface area contributed by atoms with Gasteiger partial charge in [0.1, 0.15) is 22.7 Å². The summed E-state index contributed by atoms with van der Waals surface area (Å²) in [5.74, 6) is -0.216. The van der Waals surface area contributed by atoms with E-state index in [4.69, 9.17) is 5.73 Å². The fourth-order valence-electron chi connectivity index (χ4n) is 10.3. The lowest BCUT2D eigenvalue weighted by atomic mass is 9.90. The van der Waals surface area contributed by atoms with Crippen molar-refractivity contribution in [2.45, 2.75) is 86.5 Å². The minimum Gasteiger partial charge on any atom is -0.369 e. The minimum absolute atomic E-state index is 0.0344. The Hall–Kier alpha value is -5.58. The predicted molar refractivity (Wildman–Crippen MR) is 244 cm³/mol. The van der Waals surface area contributed by atoms with Crippen LogP contribution >= 0.6 is 11.8 Å². The predicted octanol–water partition coefficient (Wildman–Crippen LogP) is 5.41. The van der Waals surface area contributed by atoms with Crippen molar-refractivity contribution in [2.75, 3.05) is 72.4 Å². The Morgan fingerprint density at radius 3 is 2.41 bits per heavy atom. The minimum atomic E-state index is -0.630. The summed E-state index contributed by atoms with van der Waals surface area (Å²) in [7, 11) is 0. The summed E-state index contributed by atoms with van der Waals surface area (Å²) in [5, 5.41) is 6.32. The van der Waals surface area contributed by atoms with Gasteiger partial charge in [0.2, 0.25) is 17.7 Å². The Morgan fingerprint density at radius 1 is 0.891 bits per heavy atom. The molecule has 0 radical (unpaired) electrons. The number of benzene rings is 3. The molecule has 1 saturated carbocycles. The summed E-state index contributed by atoms with van der Waals surface area (Å²) in [6.07, 6.45) is 8.61. The Balaban J connectivity index is 0.671. The van der Waals surface area contributed by atoms with Gasteiger partial charge in [0.05, 0.1) is 18.1 Å². The second-order valence-corrected chi connectivity index (χ2v) is 20.0. The number of hydrogen-bond acceptors (Lipinski definition) is 12. The maximum atomic E-state index is 15.7. The van der Waals surface area contributed by atoms with Crippen molar-refractivity contribution in [2.24, 2.45) is 17.1 Å². The first kappa shape index (κ1) is 42.4. The van der Waals surface area contributed by atoms with E-state index in [9.17, 15) is 19.2 Å². The normalized spacial score (nSPS) is 23.0. The molecule has 4 amide bonds. The fraction of sp³-hybridized carbons (Fsp3) is 0.458. The van der Waals surface area contributed by atoms with E-state index in [2.05, 4.69) is 47.1 Å². The number of halogens is 1. The number of amides is 4. The van der Waals surface area contributed by atoms with E-state index >= 15 is 4.39 Å². The van der Waals surface area contributed by atoms with Crippen LogP contribution in [0.3, 0.4) is 0 Å². The average molecular weight is 887 g/mol. The molecule has 2 unspecified atom stereocenters. The number of piperidine rings is 3. The summed E-state index contributed by atoms with van der Waals surface area (Å²) in [6.45, 7) is 9.49. The molecule has 4 aromatic rings. The second kappa shape index (κ2) is 17.1. The van der Waals surface area contributed by atoms with E-state index in [1.54, 1.807) is 17.2 Å². The molecule has 3 aromatic carbocycles. The van der Waals surface area contributed by atoms with Gasteiger partial charge in [-0.05, 0) is 111 Å². The van der Waals surface area contributed by atoms with Crippen molar-refractivity contribution in [1.82, 2.24) is 25.1 Å². The van der Waals surface area contributed by atoms with Crippen molar-refractivity contribution >= 4 is 58.3 Å². The Bertz CT molecular complexity index is 2460. The lowest BCUT2D eigenvalue weighted by molar-refractivity contribution is -0.137. The number of fused-ring (bicyclic) bond motifs is 1. The highest BCUT2D eigenvalue weighted by Crippen LogP contribution is 2.60. The maximum absolute atomic E-state index is 15.7. The molecule has 4 saturated heterocycles. The molecular formula is C48H55FN10O4S.